The number of halogens is 1. The Labute approximate surface area is 153 Å². The number of benzene rings is 2. The SMILES string of the molecule is CC[C@H](O)CN(Cc1ccc(F)cc1)C[C@@H]1CC(c2ccccc2)=NO1. The van der Waals surface area contributed by atoms with Gasteiger partial charge in [0.05, 0.1) is 11.8 Å². The third kappa shape index (κ3) is 5.13. The summed E-state index contributed by atoms with van der Waals surface area (Å²) in [6.45, 7) is 3.81. The first-order valence-corrected chi connectivity index (χ1v) is 9.07. The van der Waals surface area contributed by atoms with Gasteiger partial charge in [0.2, 0.25) is 0 Å². The first kappa shape index (κ1) is 18.5. The molecule has 2 aromatic carbocycles. The zero-order chi connectivity index (χ0) is 18.4. The molecule has 5 heteroatoms. The van der Waals surface area contributed by atoms with Crippen LogP contribution in [0.1, 0.15) is 30.9 Å². The quantitative estimate of drug-likeness (QED) is 0.786. The average Bonchev–Trinajstić information content (AvgIpc) is 3.12. The van der Waals surface area contributed by atoms with Crippen LogP contribution in [0.3, 0.4) is 0 Å². The lowest BCUT2D eigenvalue weighted by Crippen LogP contribution is -2.37. The molecule has 0 amide bonds. The van der Waals surface area contributed by atoms with E-state index in [1.165, 1.54) is 12.1 Å². The third-order valence-corrected chi connectivity index (χ3v) is 4.56. The van der Waals surface area contributed by atoms with Crippen molar-refractivity contribution in [2.24, 2.45) is 5.16 Å². The maximum atomic E-state index is 13.1. The van der Waals surface area contributed by atoms with Crippen molar-refractivity contribution in [3.63, 3.8) is 0 Å². The van der Waals surface area contributed by atoms with Crippen LogP contribution in [0.2, 0.25) is 0 Å². The van der Waals surface area contributed by atoms with Crippen LogP contribution in [-0.4, -0.2) is 41.0 Å². The molecule has 1 aliphatic heterocycles. The highest BCUT2D eigenvalue weighted by molar-refractivity contribution is 6.01. The van der Waals surface area contributed by atoms with Gasteiger partial charge in [0.25, 0.3) is 0 Å². The van der Waals surface area contributed by atoms with E-state index in [1.54, 1.807) is 12.1 Å². The fourth-order valence-electron chi connectivity index (χ4n) is 3.09. The number of rotatable bonds is 8. The van der Waals surface area contributed by atoms with E-state index in [1.807, 2.05) is 37.3 Å². The predicted molar refractivity (Wildman–Crippen MR) is 100 cm³/mol. The van der Waals surface area contributed by atoms with Gasteiger partial charge in [0.15, 0.2) is 0 Å². The zero-order valence-corrected chi connectivity index (χ0v) is 15.0. The standard InChI is InChI=1S/C21H25FN2O2/c1-2-19(25)14-24(13-16-8-10-18(22)11-9-16)15-20-12-21(23-26-20)17-6-4-3-5-7-17/h3-11,19-20,25H,2,12-15H2,1H3/t19-,20-/m0/s1. The molecule has 138 valence electrons. The summed E-state index contributed by atoms with van der Waals surface area (Å²) in [6, 6.07) is 16.5. The Morgan fingerprint density at radius 3 is 2.62 bits per heavy atom. The average molecular weight is 356 g/mol. The van der Waals surface area contributed by atoms with Crippen molar-refractivity contribution in [2.45, 2.75) is 38.5 Å². The van der Waals surface area contributed by atoms with Crippen molar-refractivity contribution in [3.8, 4) is 0 Å². The second kappa shape index (κ2) is 8.92. The molecule has 1 N–H and O–H groups in total. The van der Waals surface area contributed by atoms with Gasteiger partial charge in [0, 0.05) is 26.1 Å². The number of aliphatic hydroxyl groups excluding tert-OH is 1. The van der Waals surface area contributed by atoms with Gasteiger partial charge in [-0.15, -0.1) is 0 Å². The van der Waals surface area contributed by atoms with E-state index in [4.69, 9.17) is 4.84 Å². The topological polar surface area (TPSA) is 45.1 Å². The van der Waals surface area contributed by atoms with Crippen LogP contribution in [-0.2, 0) is 11.4 Å². The van der Waals surface area contributed by atoms with Gasteiger partial charge in [-0.25, -0.2) is 4.39 Å². The lowest BCUT2D eigenvalue weighted by molar-refractivity contribution is 0.0315. The van der Waals surface area contributed by atoms with Crippen LogP contribution in [0, 0.1) is 5.82 Å². The van der Waals surface area contributed by atoms with E-state index >= 15 is 0 Å². The molecular formula is C21H25FN2O2. The Balaban J connectivity index is 1.61. The summed E-state index contributed by atoms with van der Waals surface area (Å²) >= 11 is 0. The number of hydrogen-bond acceptors (Lipinski definition) is 4. The van der Waals surface area contributed by atoms with Crippen LogP contribution in [0.4, 0.5) is 4.39 Å². The number of hydrogen-bond donors (Lipinski definition) is 1. The summed E-state index contributed by atoms with van der Waals surface area (Å²) in [4.78, 5) is 7.78. The van der Waals surface area contributed by atoms with Crippen molar-refractivity contribution in [3.05, 3.63) is 71.5 Å². The van der Waals surface area contributed by atoms with Gasteiger partial charge in [-0.3, -0.25) is 4.90 Å². The lowest BCUT2D eigenvalue weighted by atomic mass is 10.0. The summed E-state index contributed by atoms with van der Waals surface area (Å²) in [5.74, 6) is -0.242. The van der Waals surface area contributed by atoms with E-state index < -0.39 is 6.10 Å². The van der Waals surface area contributed by atoms with E-state index in [9.17, 15) is 9.50 Å². The molecule has 0 radical (unpaired) electrons. The molecule has 2 aromatic rings. The second-order valence-electron chi connectivity index (χ2n) is 6.72. The summed E-state index contributed by atoms with van der Waals surface area (Å²) in [5, 5.41) is 14.3. The van der Waals surface area contributed by atoms with Crippen molar-refractivity contribution < 1.29 is 14.3 Å². The minimum absolute atomic E-state index is 0.0466. The summed E-state index contributed by atoms with van der Waals surface area (Å²) < 4.78 is 13.1. The Morgan fingerprint density at radius 1 is 1.19 bits per heavy atom. The highest BCUT2D eigenvalue weighted by Crippen LogP contribution is 2.19. The maximum Gasteiger partial charge on any atom is 0.145 e. The summed E-state index contributed by atoms with van der Waals surface area (Å²) in [6.07, 6.45) is 0.990. The Kier molecular flexibility index (Phi) is 6.36. The molecule has 3 rings (SSSR count). The van der Waals surface area contributed by atoms with E-state index in [2.05, 4.69) is 10.1 Å². The second-order valence-corrected chi connectivity index (χ2v) is 6.72. The largest absolute Gasteiger partial charge is 0.392 e. The maximum absolute atomic E-state index is 13.1. The van der Waals surface area contributed by atoms with Gasteiger partial charge in [-0.1, -0.05) is 54.5 Å². The van der Waals surface area contributed by atoms with Crippen molar-refractivity contribution in [1.29, 1.82) is 0 Å². The summed E-state index contributed by atoms with van der Waals surface area (Å²) in [7, 11) is 0. The van der Waals surface area contributed by atoms with Gasteiger partial charge in [-0.2, -0.15) is 0 Å². The fraction of sp³-hybridized carbons (Fsp3) is 0.381. The monoisotopic (exact) mass is 356 g/mol. The van der Waals surface area contributed by atoms with Crippen molar-refractivity contribution in [1.82, 2.24) is 4.90 Å². The minimum Gasteiger partial charge on any atom is -0.392 e. The van der Waals surface area contributed by atoms with Crippen LogP contribution in [0.15, 0.2) is 59.8 Å². The van der Waals surface area contributed by atoms with Crippen LogP contribution < -0.4 is 0 Å². The molecule has 0 unspecified atom stereocenters. The molecule has 1 heterocycles. The highest BCUT2D eigenvalue weighted by atomic mass is 19.1. The zero-order valence-electron chi connectivity index (χ0n) is 15.0. The van der Waals surface area contributed by atoms with Crippen LogP contribution in [0.5, 0.6) is 0 Å². The molecule has 2 atom stereocenters. The van der Waals surface area contributed by atoms with E-state index in [0.29, 0.717) is 26.1 Å². The number of oxime groups is 1. The Hall–Kier alpha value is -2.24. The molecule has 0 fully saturated rings. The molecule has 0 spiro atoms. The fourth-order valence-corrected chi connectivity index (χ4v) is 3.09. The molecule has 0 saturated carbocycles. The number of nitrogens with zero attached hydrogens (tertiary/aromatic N) is 2. The highest BCUT2D eigenvalue weighted by Gasteiger charge is 2.25. The van der Waals surface area contributed by atoms with Gasteiger partial charge in [-0.05, 0) is 29.7 Å². The lowest BCUT2D eigenvalue weighted by Gasteiger charge is -2.26. The molecule has 0 bridgehead atoms. The third-order valence-electron chi connectivity index (χ3n) is 4.56. The molecular weight excluding hydrogens is 331 g/mol. The van der Waals surface area contributed by atoms with Crippen LogP contribution >= 0.6 is 0 Å². The molecule has 0 aromatic heterocycles. The van der Waals surface area contributed by atoms with Gasteiger partial charge >= 0.3 is 0 Å². The van der Waals surface area contributed by atoms with Gasteiger partial charge in [0.1, 0.15) is 11.9 Å². The minimum atomic E-state index is -0.397. The normalized spacial score (nSPS) is 17.8. The Bertz CT molecular complexity index is 719. The smallest absolute Gasteiger partial charge is 0.145 e. The first-order chi connectivity index (χ1) is 12.6. The molecule has 0 aliphatic carbocycles. The molecule has 4 nitrogen and oxygen atoms in total. The van der Waals surface area contributed by atoms with E-state index in [0.717, 1.165) is 23.3 Å². The van der Waals surface area contributed by atoms with Gasteiger partial charge < -0.3 is 9.94 Å². The van der Waals surface area contributed by atoms with Crippen molar-refractivity contribution in [2.75, 3.05) is 13.1 Å². The number of aliphatic hydroxyl groups is 1. The Morgan fingerprint density at radius 2 is 1.92 bits per heavy atom. The summed E-state index contributed by atoms with van der Waals surface area (Å²) in [5.41, 5.74) is 3.04. The van der Waals surface area contributed by atoms with Crippen LogP contribution in [0.25, 0.3) is 0 Å². The molecule has 0 saturated heterocycles. The predicted octanol–water partition coefficient (Wildman–Crippen LogP) is 3.59. The molecule has 26 heavy (non-hydrogen) atoms. The first-order valence-electron chi connectivity index (χ1n) is 9.07. The van der Waals surface area contributed by atoms with Crippen molar-refractivity contribution >= 4 is 5.71 Å². The van der Waals surface area contributed by atoms with E-state index in [-0.39, 0.29) is 11.9 Å². The molecule has 1 aliphatic rings.